The summed E-state index contributed by atoms with van der Waals surface area (Å²) in [6.45, 7) is 0.382. The predicted octanol–water partition coefficient (Wildman–Crippen LogP) is 4.30. The predicted molar refractivity (Wildman–Crippen MR) is 105 cm³/mol. The molecular weight excluding hydrogens is 421 g/mol. The highest BCUT2D eigenvalue weighted by molar-refractivity contribution is 6.30. The fraction of sp³-hybridized carbons (Fsp3) is 0.429. The van der Waals surface area contributed by atoms with Gasteiger partial charge in [-0.3, -0.25) is 14.7 Å². The number of carbonyl (C=O) groups is 1. The molecule has 1 aromatic carbocycles. The molecular formula is C21H22ClF3N2O3. The van der Waals surface area contributed by atoms with E-state index in [1.54, 1.807) is 53.7 Å². The lowest BCUT2D eigenvalue weighted by molar-refractivity contribution is -0.225. The minimum Gasteiger partial charge on any atom is -0.489 e. The number of carbonyl (C=O) groups excluding carboxylic acids is 1. The molecule has 0 unspecified atom stereocenters. The van der Waals surface area contributed by atoms with Crippen LogP contribution in [0.5, 0.6) is 5.75 Å². The van der Waals surface area contributed by atoms with Crippen molar-refractivity contribution in [1.82, 2.24) is 9.88 Å². The fourth-order valence-corrected chi connectivity index (χ4v) is 3.42. The number of hydrogen-bond acceptors (Lipinski definition) is 5. The number of rotatable bonds is 7. The third kappa shape index (κ3) is 6.88. The molecule has 5 nitrogen and oxygen atoms in total. The van der Waals surface area contributed by atoms with Crippen molar-refractivity contribution in [2.45, 2.75) is 37.6 Å². The summed E-state index contributed by atoms with van der Waals surface area (Å²) in [5.41, 5.74) is 0.536. The highest BCUT2D eigenvalue weighted by Gasteiger charge is 2.44. The van der Waals surface area contributed by atoms with E-state index in [-0.39, 0.29) is 12.5 Å². The van der Waals surface area contributed by atoms with Crippen LogP contribution in [0.1, 0.15) is 18.4 Å². The van der Waals surface area contributed by atoms with Gasteiger partial charge in [0, 0.05) is 30.5 Å². The van der Waals surface area contributed by atoms with Crippen LogP contribution in [0.15, 0.2) is 48.8 Å². The molecule has 2 aromatic rings. The zero-order valence-electron chi connectivity index (χ0n) is 16.1. The summed E-state index contributed by atoms with van der Waals surface area (Å²) < 4.78 is 51.2. The van der Waals surface area contributed by atoms with Gasteiger partial charge in [-0.1, -0.05) is 23.7 Å². The molecule has 0 saturated carbocycles. The number of hydrogen-bond donors (Lipinski definition) is 0. The smallest absolute Gasteiger partial charge is 0.426 e. The number of ether oxygens (including phenoxy) is 2. The van der Waals surface area contributed by atoms with Gasteiger partial charge in [-0.05, 0) is 49.2 Å². The molecule has 1 aliphatic heterocycles. The van der Waals surface area contributed by atoms with Crippen molar-refractivity contribution in [2.75, 3.05) is 19.6 Å². The number of halogens is 4. The van der Waals surface area contributed by atoms with Gasteiger partial charge in [0.05, 0.1) is 6.42 Å². The van der Waals surface area contributed by atoms with Crippen LogP contribution < -0.4 is 4.74 Å². The van der Waals surface area contributed by atoms with Crippen molar-refractivity contribution < 1.29 is 27.4 Å². The van der Waals surface area contributed by atoms with Gasteiger partial charge >= 0.3 is 12.1 Å². The summed E-state index contributed by atoms with van der Waals surface area (Å²) in [6, 6.07) is 9.71. The Bertz CT molecular complexity index is 818. The third-order valence-electron chi connectivity index (χ3n) is 4.74. The van der Waals surface area contributed by atoms with Crippen LogP contribution in [0.4, 0.5) is 13.2 Å². The number of esters is 1. The highest BCUT2D eigenvalue weighted by atomic mass is 35.5. The quantitative estimate of drug-likeness (QED) is 0.598. The maximum Gasteiger partial charge on any atom is 0.426 e. The minimum absolute atomic E-state index is 0.236. The molecule has 2 atom stereocenters. The average molecular weight is 443 g/mol. The SMILES string of the molecule is O=C(Cc1ccc(Cl)cc1)O[C@@H](CN1CCC[C@@H](Oc2ccncc2)C1)C(F)(F)F. The zero-order chi connectivity index (χ0) is 21.6. The van der Waals surface area contributed by atoms with Gasteiger partial charge in [0.25, 0.3) is 0 Å². The van der Waals surface area contributed by atoms with Crippen LogP contribution in [0.2, 0.25) is 5.02 Å². The molecule has 1 saturated heterocycles. The van der Waals surface area contributed by atoms with Crippen molar-refractivity contribution >= 4 is 17.6 Å². The zero-order valence-corrected chi connectivity index (χ0v) is 16.9. The van der Waals surface area contributed by atoms with E-state index in [0.717, 1.165) is 6.42 Å². The number of aromatic nitrogens is 1. The first-order valence-corrected chi connectivity index (χ1v) is 9.97. The lowest BCUT2D eigenvalue weighted by Crippen LogP contribution is -2.49. The molecule has 0 radical (unpaired) electrons. The number of benzene rings is 1. The van der Waals surface area contributed by atoms with Gasteiger partial charge in [0.15, 0.2) is 0 Å². The fourth-order valence-electron chi connectivity index (χ4n) is 3.30. The van der Waals surface area contributed by atoms with Gasteiger partial charge in [-0.15, -0.1) is 0 Å². The van der Waals surface area contributed by atoms with Crippen LogP contribution in [-0.2, 0) is 16.0 Å². The summed E-state index contributed by atoms with van der Waals surface area (Å²) in [7, 11) is 0. The van der Waals surface area contributed by atoms with Crippen molar-refractivity contribution in [3.05, 3.63) is 59.4 Å². The first kappa shape index (κ1) is 22.4. The van der Waals surface area contributed by atoms with Gasteiger partial charge in [0.1, 0.15) is 11.9 Å². The standard InChI is InChI=1S/C21H22ClF3N2O3/c22-16-5-3-15(4-6-16)12-20(28)30-19(21(23,24)25)14-27-11-1-2-18(13-27)29-17-7-9-26-10-8-17/h3-10,18-19H,1-2,11-14H2/t18-,19+/m1/s1. The number of piperidine rings is 1. The molecule has 0 bridgehead atoms. The Balaban J connectivity index is 1.57. The van der Waals surface area contributed by atoms with Crippen molar-refractivity contribution in [3.8, 4) is 5.75 Å². The van der Waals surface area contributed by atoms with Crippen molar-refractivity contribution in [2.24, 2.45) is 0 Å². The summed E-state index contributed by atoms with van der Waals surface area (Å²) in [4.78, 5) is 17.6. The monoisotopic (exact) mass is 442 g/mol. The molecule has 0 N–H and O–H groups in total. The lowest BCUT2D eigenvalue weighted by Gasteiger charge is -2.35. The molecule has 2 heterocycles. The number of nitrogens with zero attached hydrogens (tertiary/aromatic N) is 2. The molecule has 1 aromatic heterocycles. The number of alkyl halides is 3. The summed E-state index contributed by atoms with van der Waals surface area (Å²) in [5.74, 6) is -0.306. The molecule has 30 heavy (non-hydrogen) atoms. The van der Waals surface area contributed by atoms with Crippen LogP contribution >= 0.6 is 11.6 Å². The van der Waals surface area contributed by atoms with E-state index in [4.69, 9.17) is 21.1 Å². The van der Waals surface area contributed by atoms with E-state index < -0.39 is 24.8 Å². The first-order valence-electron chi connectivity index (χ1n) is 9.59. The molecule has 1 aliphatic rings. The molecule has 0 amide bonds. The second kappa shape index (κ2) is 10.1. The second-order valence-corrected chi connectivity index (χ2v) is 7.58. The number of likely N-dealkylation sites (tertiary alicyclic amines) is 1. The van der Waals surface area contributed by atoms with Crippen molar-refractivity contribution in [1.29, 1.82) is 0 Å². The first-order chi connectivity index (χ1) is 14.3. The Hall–Kier alpha value is -2.32. The van der Waals surface area contributed by atoms with Gasteiger partial charge < -0.3 is 9.47 Å². The summed E-state index contributed by atoms with van der Waals surface area (Å²) in [6.07, 6.45) is -2.72. The topological polar surface area (TPSA) is 51.7 Å². The van der Waals surface area contributed by atoms with Gasteiger partial charge in [0.2, 0.25) is 6.10 Å². The van der Waals surface area contributed by atoms with E-state index in [9.17, 15) is 18.0 Å². The van der Waals surface area contributed by atoms with E-state index in [0.29, 0.717) is 35.8 Å². The molecule has 3 rings (SSSR count). The molecule has 1 fully saturated rings. The molecule has 162 valence electrons. The van der Waals surface area contributed by atoms with Gasteiger partial charge in [-0.2, -0.15) is 13.2 Å². The average Bonchev–Trinajstić information content (AvgIpc) is 2.70. The van der Waals surface area contributed by atoms with Crippen molar-refractivity contribution in [3.63, 3.8) is 0 Å². The summed E-state index contributed by atoms with van der Waals surface area (Å²) >= 11 is 5.78. The maximum atomic E-state index is 13.5. The second-order valence-electron chi connectivity index (χ2n) is 7.15. The maximum absolute atomic E-state index is 13.5. The Labute approximate surface area is 177 Å². The van der Waals surface area contributed by atoms with Crippen LogP contribution in [0.3, 0.4) is 0 Å². The van der Waals surface area contributed by atoms with E-state index in [2.05, 4.69) is 4.98 Å². The van der Waals surface area contributed by atoms with Gasteiger partial charge in [-0.25, -0.2) is 0 Å². The third-order valence-corrected chi connectivity index (χ3v) is 4.99. The molecule has 9 heteroatoms. The highest BCUT2D eigenvalue weighted by Crippen LogP contribution is 2.26. The van der Waals surface area contributed by atoms with Crippen LogP contribution in [-0.4, -0.2) is 53.9 Å². The van der Waals surface area contributed by atoms with E-state index >= 15 is 0 Å². The molecule has 0 spiro atoms. The number of pyridine rings is 1. The molecule has 0 aliphatic carbocycles. The normalized spacial score (nSPS) is 18.6. The summed E-state index contributed by atoms with van der Waals surface area (Å²) in [5, 5.41) is 0.480. The minimum atomic E-state index is -4.66. The van der Waals surface area contributed by atoms with E-state index in [1.165, 1.54) is 0 Å². The Morgan fingerprint density at radius 1 is 1.20 bits per heavy atom. The van der Waals surface area contributed by atoms with Crippen LogP contribution in [0.25, 0.3) is 0 Å². The Morgan fingerprint density at radius 3 is 2.57 bits per heavy atom. The Morgan fingerprint density at radius 2 is 1.90 bits per heavy atom. The largest absolute Gasteiger partial charge is 0.489 e. The lowest BCUT2D eigenvalue weighted by atomic mass is 10.1. The Kier molecular flexibility index (Phi) is 7.55. The van der Waals surface area contributed by atoms with Crippen LogP contribution in [0, 0.1) is 0 Å². The van der Waals surface area contributed by atoms with E-state index in [1.807, 2.05) is 0 Å².